The normalized spacial score (nSPS) is 25.9. The van der Waals surface area contributed by atoms with Crippen LogP contribution in [0.25, 0.3) is 0 Å². The molecule has 3 heterocycles. The molecule has 1 spiro atoms. The second-order valence-corrected chi connectivity index (χ2v) is 9.80. The maximum atomic E-state index is 13.9. The number of fused-ring (bicyclic) bond motifs is 4. The summed E-state index contributed by atoms with van der Waals surface area (Å²) < 4.78 is 5.00. The molecule has 0 bridgehead atoms. The van der Waals surface area contributed by atoms with Crippen LogP contribution < -0.4 is 21.3 Å². The first kappa shape index (κ1) is 24.9. The molecule has 3 aliphatic heterocycles. The monoisotopic (exact) mass is 524 g/mol. The molecule has 192 valence electrons. The van der Waals surface area contributed by atoms with E-state index in [0.29, 0.717) is 21.8 Å². The lowest BCUT2D eigenvalue weighted by Gasteiger charge is -2.29. The summed E-state index contributed by atoms with van der Waals surface area (Å²) in [6, 6.07) is 8.61. The number of carbonyl (C=O) groups is 5. The number of primary amides is 1. The fourth-order valence-electron chi connectivity index (χ4n) is 5.75. The summed E-state index contributed by atoms with van der Waals surface area (Å²) >= 11 is 6.28. The van der Waals surface area contributed by atoms with Crippen LogP contribution in [-0.4, -0.2) is 42.2 Å². The largest absolute Gasteiger partial charge is 0.462 e. The summed E-state index contributed by atoms with van der Waals surface area (Å²) in [5.74, 6) is -4.57. The van der Waals surface area contributed by atoms with Gasteiger partial charge in [-0.1, -0.05) is 17.7 Å². The second-order valence-electron chi connectivity index (χ2n) is 9.40. The lowest BCUT2D eigenvalue weighted by Crippen LogP contribution is -2.53. The average molecular weight is 525 g/mol. The van der Waals surface area contributed by atoms with Gasteiger partial charge in [-0.25, -0.2) is 9.69 Å². The van der Waals surface area contributed by atoms with Crippen LogP contribution in [0.5, 0.6) is 0 Å². The van der Waals surface area contributed by atoms with Crippen LogP contribution in [0.15, 0.2) is 36.4 Å². The Balaban J connectivity index is 1.59. The van der Waals surface area contributed by atoms with Crippen molar-refractivity contribution in [2.24, 2.45) is 17.6 Å². The molecule has 5 rings (SSSR count). The molecular formula is C26H25ClN4O6. The summed E-state index contributed by atoms with van der Waals surface area (Å²) in [5.41, 5.74) is 6.06. The first-order chi connectivity index (χ1) is 17.6. The number of ether oxygens (including phenoxy) is 1. The molecule has 0 radical (unpaired) electrons. The minimum absolute atomic E-state index is 0.0270. The zero-order valence-electron chi connectivity index (χ0n) is 20.2. The smallest absolute Gasteiger partial charge is 0.338 e. The Morgan fingerprint density at radius 3 is 2.46 bits per heavy atom. The zero-order valence-corrected chi connectivity index (χ0v) is 20.9. The maximum absolute atomic E-state index is 13.9. The van der Waals surface area contributed by atoms with Crippen LogP contribution in [0.3, 0.4) is 0 Å². The van der Waals surface area contributed by atoms with Crippen molar-refractivity contribution in [2.75, 3.05) is 16.8 Å². The minimum Gasteiger partial charge on any atom is -0.462 e. The molecule has 0 unspecified atom stereocenters. The lowest BCUT2D eigenvalue weighted by molar-refractivity contribution is -0.130. The molecule has 4 N–H and O–H groups in total. The van der Waals surface area contributed by atoms with Crippen molar-refractivity contribution < 1.29 is 28.7 Å². The predicted octanol–water partition coefficient (Wildman–Crippen LogP) is 2.02. The summed E-state index contributed by atoms with van der Waals surface area (Å²) in [6.45, 7) is 3.66. The standard InChI is InChI=1S/C26H25ClN4O6/c1-3-37-24(35)13-4-6-14(7-5-13)31-22(33)19-17(10-11-18(28)32)30-26(20(19)23(31)34)15-8-9-16(27)12(2)21(15)29-25(26)36/h4-9,17,19-20,30H,3,10-11H2,1-2H3,(H2,28,32)(H,29,36)/t17-,19-,20-,26-/m0/s1. The number of imide groups is 1. The maximum Gasteiger partial charge on any atom is 0.338 e. The molecule has 2 aromatic rings. The van der Waals surface area contributed by atoms with Gasteiger partial charge in [0.05, 0.1) is 35.4 Å². The van der Waals surface area contributed by atoms with Gasteiger partial charge in [0.2, 0.25) is 23.6 Å². The van der Waals surface area contributed by atoms with Gasteiger partial charge in [0.1, 0.15) is 5.54 Å². The number of nitrogens with one attached hydrogen (secondary N) is 2. The number of amides is 4. The predicted molar refractivity (Wildman–Crippen MR) is 134 cm³/mol. The highest BCUT2D eigenvalue weighted by atomic mass is 35.5. The van der Waals surface area contributed by atoms with E-state index in [0.717, 1.165) is 4.90 Å². The van der Waals surface area contributed by atoms with Gasteiger partial charge in [0.15, 0.2) is 0 Å². The molecular weight excluding hydrogens is 500 g/mol. The van der Waals surface area contributed by atoms with Gasteiger partial charge >= 0.3 is 5.97 Å². The molecule has 11 heteroatoms. The molecule has 0 aromatic heterocycles. The molecule has 10 nitrogen and oxygen atoms in total. The van der Waals surface area contributed by atoms with Crippen LogP contribution in [0.4, 0.5) is 11.4 Å². The highest BCUT2D eigenvalue weighted by Gasteiger charge is 2.70. The molecule has 2 saturated heterocycles. The Hall–Kier alpha value is -3.76. The van der Waals surface area contributed by atoms with Crippen molar-refractivity contribution >= 4 is 52.6 Å². The van der Waals surface area contributed by atoms with Crippen molar-refractivity contribution in [2.45, 2.75) is 38.3 Å². The SMILES string of the molecule is CCOC(=O)c1ccc(N2C(=O)[C@H]3[C@H](CCC(N)=O)N[C@]4(C(=O)Nc5c4ccc(Cl)c5C)[C@@H]3C2=O)cc1. The number of hydrogen-bond acceptors (Lipinski definition) is 7. The van der Waals surface area contributed by atoms with Gasteiger partial charge in [0.25, 0.3) is 0 Å². The quantitative estimate of drug-likeness (QED) is 0.386. The molecule has 2 fully saturated rings. The van der Waals surface area contributed by atoms with Crippen molar-refractivity contribution in [3.63, 3.8) is 0 Å². The Bertz CT molecular complexity index is 1360. The Kier molecular flexibility index (Phi) is 6.04. The number of rotatable bonds is 6. The van der Waals surface area contributed by atoms with E-state index in [4.69, 9.17) is 22.1 Å². The molecule has 4 amide bonds. The average Bonchev–Trinajstić information content (AvgIpc) is 3.45. The van der Waals surface area contributed by atoms with Gasteiger partial charge in [0, 0.05) is 23.0 Å². The minimum atomic E-state index is -1.52. The van der Waals surface area contributed by atoms with Gasteiger partial charge < -0.3 is 15.8 Å². The van der Waals surface area contributed by atoms with Crippen molar-refractivity contribution in [3.8, 4) is 0 Å². The number of hydrogen-bond donors (Lipinski definition) is 3. The van der Waals surface area contributed by atoms with Gasteiger partial charge in [-0.15, -0.1) is 0 Å². The Morgan fingerprint density at radius 1 is 1.11 bits per heavy atom. The van der Waals surface area contributed by atoms with E-state index in [-0.39, 0.29) is 30.7 Å². The van der Waals surface area contributed by atoms with E-state index in [1.807, 2.05) is 0 Å². The van der Waals surface area contributed by atoms with Crippen molar-refractivity contribution in [1.29, 1.82) is 0 Å². The first-order valence-electron chi connectivity index (χ1n) is 11.9. The van der Waals surface area contributed by atoms with E-state index in [2.05, 4.69) is 10.6 Å². The number of anilines is 2. The molecule has 2 aromatic carbocycles. The topological polar surface area (TPSA) is 148 Å². The van der Waals surface area contributed by atoms with E-state index in [1.54, 1.807) is 26.0 Å². The number of esters is 1. The molecule has 0 saturated carbocycles. The summed E-state index contributed by atoms with van der Waals surface area (Å²) in [5, 5.41) is 6.56. The number of benzene rings is 2. The van der Waals surface area contributed by atoms with E-state index >= 15 is 0 Å². The fourth-order valence-corrected chi connectivity index (χ4v) is 5.91. The highest BCUT2D eigenvalue weighted by molar-refractivity contribution is 6.32. The van der Waals surface area contributed by atoms with Crippen molar-refractivity contribution in [3.05, 3.63) is 58.1 Å². The van der Waals surface area contributed by atoms with E-state index in [1.165, 1.54) is 24.3 Å². The van der Waals surface area contributed by atoms with Gasteiger partial charge in [-0.2, -0.15) is 0 Å². The number of nitrogens with zero attached hydrogens (tertiary/aromatic N) is 1. The zero-order chi connectivity index (χ0) is 26.6. The Morgan fingerprint density at radius 2 is 1.81 bits per heavy atom. The summed E-state index contributed by atoms with van der Waals surface area (Å²) in [6.07, 6.45) is 0.142. The fraction of sp³-hybridized carbons (Fsp3) is 0.346. The van der Waals surface area contributed by atoms with Crippen LogP contribution in [0, 0.1) is 18.8 Å². The van der Waals surface area contributed by atoms with Gasteiger partial charge in [-0.05, 0) is 56.2 Å². The molecule has 0 aliphatic carbocycles. The Labute approximate surface area is 217 Å². The second kappa shape index (κ2) is 8.97. The third-order valence-corrected chi connectivity index (χ3v) is 7.83. The number of halogens is 1. The summed E-state index contributed by atoms with van der Waals surface area (Å²) in [7, 11) is 0. The first-order valence-corrected chi connectivity index (χ1v) is 12.3. The number of nitrogens with two attached hydrogens (primary N) is 1. The number of carbonyl (C=O) groups excluding carboxylic acids is 5. The van der Waals surface area contributed by atoms with Crippen LogP contribution in [-0.2, 0) is 29.5 Å². The molecule has 37 heavy (non-hydrogen) atoms. The van der Waals surface area contributed by atoms with E-state index in [9.17, 15) is 24.0 Å². The third-order valence-electron chi connectivity index (χ3n) is 7.42. The highest BCUT2D eigenvalue weighted by Crippen LogP contribution is 2.55. The van der Waals surface area contributed by atoms with Crippen molar-refractivity contribution in [1.82, 2.24) is 5.32 Å². The molecule has 3 aliphatic rings. The summed E-state index contributed by atoms with van der Waals surface area (Å²) in [4.78, 5) is 66.0. The van der Waals surface area contributed by atoms with Gasteiger partial charge in [-0.3, -0.25) is 24.5 Å². The van der Waals surface area contributed by atoms with Crippen LogP contribution in [0.1, 0.15) is 41.3 Å². The lowest BCUT2D eigenvalue weighted by atomic mass is 9.76. The van der Waals surface area contributed by atoms with Crippen LogP contribution >= 0.6 is 11.6 Å². The van der Waals surface area contributed by atoms with E-state index < -0.39 is 53.0 Å². The molecule has 4 atom stereocenters. The third kappa shape index (κ3) is 3.62. The van der Waals surface area contributed by atoms with Crippen LogP contribution in [0.2, 0.25) is 5.02 Å².